The molecule has 23 heteroatoms. The lowest BCUT2D eigenvalue weighted by atomic mass is 9.94. The van der Waals surface area contributed by atoms with Crippen molar-refractivity contribution < 1.29 is 73.1 Å². The fourth-order valence-corrected chi connectivity index (χ4v) is 10.4. The number of aliphatic hydroxyl groups excluding tert-OH is 2. The number of aliphatic carboxylic acids is 2. The molecule has 0 saturated heterocycles. The number of carboxylic acids is 2. The van der Waals surface area contributed by atoms with Gasteiger partial charge in [-0.3, -0.25) is 24.0 Å². The number of hydrogen-bond donors (Lipinski definition) is 12. The van der Waals surface area contributed by atoms with Crippen molar-refractivity contribution in [2.24, 2.45) is 129 Å². The molecule has 826 valence electrons. The largest absolute Gasteiger partial charge is 0.481 e. The first-order valence-electron chi connectivity index (χ1n) is 53.3. The minimum Gasteiger partial charge on any atom is -0.481 e. The Kier molecular flexibility index (Phi) is 160. The summed E-state index contributed by atoms with van der Waals surface area (Å²) in [5.74, 6) is 10.1. The Morgan fingerprint density at radius 2 is 0.637 bits per heavy atom. The van der Waals surface area contributed by atoms with Gasteiger partial charge in [0.2, 0.25) is 17.7 Å². The third-order valence-electron chi connectivity index (χ3n) is 19.3. The number of methoxy groups -OCH3 is 2. The van der Waals surface area contributed by atoms with E-state index in [1.54, 1.807) is 21.1 Å². The molecule has 0 aromatic carbocycles. The van der Waals surface area contributed by atoms with Gasteiger partial charge in [-0.25, -0.2) is 9.59 Å². The van der Waals surface area contributed by atoms with Crippen molar-refractivity contribution in [1.82, 2.24) is 21.3 Å². The minimum atomic E-state index is -0.962. The summed E-state index contributed by atoms with van der Waals surface area (Å²) in [6, 6.07) is -0.222. The molecule has 23 nitrogen and oxygen atoms in total. The zero-order chi connectivity index (χ0) is 111. The number of urea groups is 1. The number of nitrogens with two attached hydrogens (primary N) is 4. The van der Waals surface area contributed by atoms with Crippen molar-refractivity contribution in [2.45, 2.75) is 541 Å². The number of ketones is 1. The summed E-state index contributed by atoms with van der Waals surface area (Å²) in [6.45, 7) is 104. The normalized spacial score (nSPS) is 12.3. The molecule has 0 aliphatic heterocycles. The molecule has 0 aromatic heterocycles. The lowest BCUT2D eigenvalue weighted by molar-refractivity contribution is -0.192. The van der Waals surface area contributed by atoms with E-state index in [4.69, 9.17) is 57.3 Å². The monoisotopic (exact) mass is 1950 g/mol. The minimum absolute atomic E-state index is 0.0631. The highest BCUT2D eigenvalue weighted by Crippen LogP contribution is 2.16. The molecule has 0 heterocycles. The van der Waals surface area contributed by atoms with E-state index in [1.807, 2.05) is 83.1 Å². The number of aliphatic hydroxyl groups is 2. The summed E-state index contributed by atoms with van der Waals surface area (Å²) < 4.78 is 9.71. The second kappa shape index (κ2) is 127. The molecule has 0 radical (unpaired) electrons. The van der Waals surface area contributed by atoms with E-state index < -0.39 is 36.2 Å². The molecule has 0 saturated carbocycles. The van der Waals surface area contributed by atoms with Gasteiger partial charge in [0, 0.05) is 78.3 Å². The highest BCUT2D eigenvalue weighted by atomic mass is 16.5. The average Bonchev–Trinajstić information content (AvgIpc) is 0.919. The quantitative estimate of drug-likeness (QED) is 0.0269. The number of ether oxygens (including phenoxy) is 2. The Hall–Kier alpha value is -4.61. The first kappa shape index (κ1) is 170. The number of carbonyl (C=O) groups excluding carboxylic acids is 7. The predicted octanol–water partition coefficient (Wildman–Crippen LogP) is 27.9. The number of nitrogens with one attached hydrogen (secondary N) is 4. The molecule has 9 unspecified atom stereocenters. The number of carboxylic acid groups (broad SMARTS) is 2. The number of amides is 5. The van der Waals surface area contributed by atoms with Crippen LogP contribution in [0.1, 0.15) is 493 Å². The van der Waals surface area contributed by atoms with Crippen molar-refractivity contribution in [2.75, 3.05) is 34.0 Å². The molecule has 135 heavy (non-hydrogen) atoms. The molecule has 0 bridgehead atoms. The summed E-state index contributed by atoms with van der Waals surface area (Å²) >= 11 is 0. The van der Waals surface area contributed by atoms with E-state index in [1.165, 1.54) is 77.6 Å². The van der Waals surface area contributed by atoms with Gasteiger partial charge in [0.25, 0.3) is 0 Å². The summed E-state index contributed by atoms with van der Waals surface area (Å²) in [5, 5.41) is 46.3. The number of carbonyl (C=O) groups is 7. The van der Waals surface area contributed by atoms with E-state index in [-0.39, 0.29) is 53.6 Å². The Morgan fingerprint density at radius 3 is 0.800 bits per heavy atom. The van der Waals surface area contributed by atoms with Crippen LogP contribution in [0.2, 0.25) is 0 Å². The zero-order valence-corrected chi connectivity index (χ0v) is 99.4. The zero-order valence-electron chi connectivity index (χ0n) is 99.4. The van der Waals surface area contributed by atoms with Crippen LogP contribution in [0.4, 0.5) is 4.79 Å². The molecule has 0 fully saturated rings. The number of Topliss-reactive ketones (excluding diaryl/α,β-unsaturated/α-hetero) is 1. The SMILES string of the molecule is CC(=O)NC(C)CC(C)C.CC(=O)NC(CCC(C)C)C(=O)O.CC(C)C(C)C.CC(C)CC(C)N.CC(C)CC(C)NC(N)=O.CC(C)CCC(C)N.CCC(C(=O)O)C(C)C.CCC(C)C.CCC(C)C.CCC(O)C(O)CC(C)C.CCCC(=O)C(CC(C)C)NC(=O)CCCN.CCCC(C)C.CCCC(C)C.CCCC(C)C.COCCC(C)C.COCCC(C)C.O=C=O. The van der Waals surface area contributed by atoms with Crippen molar-refractivity contribution in [3.8, 4) is 0 Å². The summed E-state index contributed by atoms with van der Waals surface area (Å²) in [7, 11) is 3.48. The van der Waals surface area contributed by atoms with E-state index in [2.05, 4.69) is 257 Å². The number of rotatable bonds is 47. The number of primary amides is 1. The second-order valence-corrected chi connectivity index (χ2v) is 43.1. The first-order valence-corrected chi connectivity index (χ1v) is 53.3. The van der Waals surface area contributed by atoms with Gasteiger partial charge in [0.1, 0.15) is 6.04 Å². The van der Waals surface area contributed by atoms with Crippen LogP contribution in [0.15, 0.2) is 0 Å². The molecule has 16 N–H and O–H groups in total. The molecule has 5 amide bonds. The molecule has 0 aromatic rings. The highest BCUT2D eigenvalue weighted by molar-refractivity contribution is 5.89. The second-order valence-electron chi connectivity index (χ2n) is 43.1. The Balaban J connectivity index is -0.0000000740. The van der Waals surface area contributed by atoms with Crippen LogP contribution in [0.5, 0.6) is 0 Å². The standard InChI is InChI=1S/C13H26N2O2.C9H17NO3.C8H17NO.C8H18O2.C7H16N2O.C7H17N.C7H14O2.C6H15N.2C6H14O.4C6H14.2C5H12.CO2/c1-4-6-12(16)11(9-10(2)3)15-13(17)7-5-8-14;1-6(2)4-5-8(9(12)13)10-7(3)11;1-6(2)5-7(3)9-8(4)10;1-4-7(9)8(10)5-6(2)3;1-5(2)4-6(3)9-7(8)10;1-6(2)4-5-7(3)8;1-4-6(5(2)3)7(8)9;1-5(2)4-6(3)7;2*1-6(2)4-5-7-3;1-5(2)6(3)4;3*1-4-5-6(2)3;2*1-4-5(2)3;2-1-3/h10-11H,4-9,14H2,1-3H3,(H,15,17);6,8H,4-5H2,1-3H3,(H,10,11)(H,12,13);6-7H,5H2,1-4H3,(H,9,10);6-10H,4-5H2,1-3H3;5-6H,4H2,1-3H3,(H3,8,9,10);6-7H,4-5,8H2,1-3H3;5-6H,4H2,1-3H3,(H,8,9);5-6H,4,7H2,1-3H3;2*6H,4-5H2,1-3H3;5-6H,1-4H3;3*6H,4-5H2,1-3H3;2*5H,4H2,1-3H3;. The maximum atomic E-state index is 11.8. The van der Waals surface area contributed by atoms with Gasteiger partial charge in [-0.2, -0.15) is 9.59 Å². The van der Waals surface area contributed by atoms with Crippen molar-refractivity contribution in [1.29, 1.82) is 0 Å². The van der Waals surface area contributed by atoms with Crippen LogP contribution in [-0.2, 0) is 47.8 Å². The lowest BCUT2D eigenvalue weighted by Crippen LogP contribution is -2.41. The Labute approximate surface area is 842 Å². The van der Waals surface area contributed by atoms with Gasteiger partial charge in [-0.15, -0.1) is 0 Å². The van der Waals surface area contributed by atoms with E-state index >= 15 is 0 Å². The van der Waals surface area contributed by atoms with Crippen LogP contribution in [-0.4, -0.2) is 150 Å². The molecule has 0 rings (SSSR count). The fraction of sp³-hybridized carbons (Fsp3) is 0.929. The van der Waals surface area contributed by atoms with Gasteiger partial charge in [-0.1, -0.05) is 342 Å². The van der Waals surface area contributed by atoms with Crippen LogP contribution < -0.4 is 44.2 Å². The highest BCUT2D eigenvalue weighted by Gasteiger charge is 2.22. The van der Waals surface area contributed by atoms with Gasteiger partial charge in [-0.05, 0) is 231 Å². The lowest BCUT2D eigenvalue weighted by Gasteiger charge is -2.19. The first-order chi connectivity index (χ1) is 61.8. The fourth-order valence-electron chi connectivity index (χ4n) is 10.4. The summed E-state index contributed by atoms with van der Waals surface area (Å²) in [6.07, 6.45) is 24.4. The third-order valence-corrected chi connectivity index (χ3v) is 19.3. The maximum Gasteiger partial charge on any atom is 0.373 e. The van der Waals surface area contributed by atoms with Crippen molar-refractivity contribution in [3.05, 3.63) is 0 Å². The average molecular weight is 1950 g/mol. The molecule has 0 spiro atoms. The Bertz CT molecular complexity index is 2290. The molecular weight excluding hydrogens is 1700 g/mol. The van der Waals surface area contributed by atoms with Crippen molar-refractivity contribution in [3.63, 3.8) is 0 Å². The maximum absolute atomic E-state index is 11.8. The van der Waals surface area contributed by atoms with Crippen LogP contribution in [0.3, 0.4) is 0 Å². The molecule has 0 aliphatic rings. The van der Waals surface area contributed by atoms with Gasteiger partial charge >= 0.3 is 24.1 Å². The van der Waals surface area contributed by atoms with Gasteiger partial charge in [0.15, 0.2) is 5.78 Å². The van der Waals surface area contributed by atoms with Crippen LogP contribution in [0.25, 0.3) is 0 Å². The molecule has 9 atom stereocenters. The van der Waals surface area contributed by atoms with E-state index in [0.29, 0.717) is 99.2 Å². The van der Waals surface area contributed by atoms with Crippen LogP contribution in [0, 0.1) is 107 Å². The summed E-state index contributed by atoms with van der Waals surface area (Å²) in [5.41, 5.74) is 21.3. The third kappa shape index (κ3) is 221. The Morgan fingerprint density at radius 1 is 0.326 bits per heavy atom. The van der Waals surface area contributed by atoms with E-state index in [9.17, 15) is 38.7 Å². The van der Waals surface area contributed by atoms with E-state index in [0.717, 1.165) is 123 Å². The molecular formula is C112H248N8O15. The summed E-state index contributed by atoms with van der Waals surface area (Å²) in [4.78, 5) is 92.1. The van der Waals surface area contributed by atoms with Crippen molar-refractivity contribution >= 4 is 47.6 Å². The van der Waals surface area contributed by atoms with Gasteiger partial charge in [0.05, 0.1) is 24.2 Å². The topological polar surface area (TPSA) is 405 Å². The van der Waals surface area contributed by atoms with Gasteiger partial charge < -0.3 is 74.1 Å². The van der Waals surface area contributed by atoms with Crippen LogP contribution >= 0.6 is 0 Å². The molecule has 0 aliphatic carbocycles. The number of hydrogen-bond acceptors (Lipinski definition) is 16. The smallest absolute Gasteiger partial charge is 0.373 e. The predicted molar refractivity (Wildman–Crippen MR) is 589 cm³/mol.